The minimum atomic E-state index is -0.812. The van der Waals surface area contributed by atoms with Crippen LogP contribution >= 0.6 is 0 Å². The van der Waals surface area contributed by atoms with Gasteiger partial charge >= 0.3 is 5.97 Å². The molecule has 1 N–H and O–H groups in total. The molecule has 1 aromatic heterocycles. The maximum Gasteiger partial charge on any atom is 0.303 e. The molecule has 0 spiro atoms. The molecule has 1 fully saturated rings. The van der Waals surface area contributed by atoms with E-state index in [1.54, 1.807) is 0 Å². The van der Waals surface area contributed by atoms with Crippen LogP contribution in [0.15, 0.2) is 4.42 Å². The van der Waals surface area contributed by atoms with Gasteiger partial charge in [-0.3, -0.25) is 4.79 Å². The molecule has 0 saturated carbocycles. The third-order valence-corrected chi connectivity index (χ3v) is 3.05. The van der Waals surface area contributed by atoms with Crippen LogP contribution in [0, 0.1) is 6.92 Å². The summed E-state index contributed by atoms with van der Waals surface area (Å²) in [6.45, 7) is 3.36. The quantitative estimate of drug-likeness (QED) is 0.868. The smallest absolute Gasteiger partial charge is 0.303 e. The van der Waals surface area contributed by atoms with Crippen molar-refractivity contribution in [1.29, 1.82) is 0 Å². The van der Waals surface area contributed by atoms with E-state index < -0.39 is 5.97 Å². The first-order chi connectivity index (χ1) is 8.16. The molecule has 0 aliphatic carbocycles. The molecule has 0 radical (unpaired) electrons. The highest BCUT2D eigenvalue weighted by molar-refractivity contribution is 5.66. The molecule has 1 aliphatic rings. The van der Waals surface area contributed by atoms with E-state index in [0.717, 1.165) is 37.6 Å². The van der Waals surface area contributed by atoms with E-state index in [1.807, 2.05) is 6.92 Å². The van der Waals surface area contributed by atoms with Crippen molar-refractivity contribution in [1.82, 2.24) is 4.98 Å². The van der Waals surface area contributed by atoms with Crippen LogP contribution in [-0.2, 0) is 16.0 Å². The number of hydrogen-bond donors (Lipinski definition) is 1. The van der Waals surface area contributed by atoms with E-state index in [1.165, 1.54) is 0 Å². The highest BCUT2D eigenvalue weighted by Crippen LogP contribution is 2.28. The van der Waals surface area contributed by atoms with E-state index in [0.29, 0.717) is 18.1 Å². The Morgan fingerprint density at radius 1 is 1.47 bits per heavy atom. The van der Waals surface area contributed by atoms with Gasteiger partial charge in [-0.05, 0) is 19.8 Å². The van der Waals surface area contributed by atoms with Gasteiger partial charge in [-0.15, -0.1) is 0 Å². The molecule has 2 rings (SSSR count). The molecule has 2 heterocycles. The fourth-order valence-corrected chi connectivity index (χ4v) is 2.02. The van der Waals surface area contributed by atoms with Crippen LogP contribution in [-0.4, -0.2) is 29.3 Å². The van der Waals surface area contributed by atoms with Gasteiger partial charge in [-0.25, -0.2) is 4.98 Å². The Bertz CT molecular complexity index is 393. The summed E-state index contributed by atoms with van der Waals surface area (Å²) < 4.78 is 11.0. The van der Waals surface area contributed by atoms with Crippen molar-refractivity contribution in [3.05, 3.63) is 17.3 Å². The number of rotatable bonds is 4. The summed E-state index contributed by atoms with van der Waals surface area (Å²) in [5.74, 6) is 0.953. The number of carboxylic acids is 1. The standard InChI is InChI=1S/C12H17NO4/c1-8-10(2-3-11(14)15)17-12(13-8)9-4-6-16-7-5-9/h9H,2-7H2,1H3,(H,14,15). The lowest BCUT2D eigenvalue weighted by atomic mass is 10.0. The van der Waals surface area contributed by atoms with Crippen molar-refractivity contribution >= 4 is 5.97 Å². The first-order valence-electron chi connectivity index (χ1n) is 5.92. The largest absolute Gasteiger partial charge is 0.481 e. The van der Waals surface area contributed by atoms with Gasteiger partial charge in [0.05, 0.1) is 12.1 Å². The highest BCUT2D eigenvalue weighted by atomic mass is 16.5. The molecule has 0 unspecified atom stereocenters. The van der Waals surface area contributed by atoms with Crippen LogP contribution in [0.3, 0.4) is 0 Å². The highest BCUT2D eigenvalue weighted by Gasteiger charge is 2.22. The monoisotopic (exact) mass is 239 g/mol. The fourth-order valence-electron chi connectivity index (χ4n) is 2.02. The van der Waals surface area contributed by atoms with Crippen LogP contribution in [0.1, 0.15) is 42.5 Å². The normalized spacial score (nSPS) is 17.2. The molecule has 0 bridgehead atoms. The first-order valence-corrected chi connectivity index (χ1v) is 5.92. The molecule has 5 heteroatoms. The SMILES string of the molecule is Cc1nc(C2CCOCC2)oc1CCC(=O)O. The van der Waals surface area contributed by atoms with Gasteiger partial charge in [0.25, 0.3) is 0 Å². The van der Waals surface area contributed by atoms with E-state index in [2.05, 4.69) is 4.98 Å². The summed E-state index contributed by atoms with van der Waals surface area (Å²) >= 11 is 0. The van der Waals surface area contributed by atoms with E-state index in [-0.39, 0.29) is 6.42 Å². The van der Waals surface area contributed by atoms with Gasteiger partial charge in [0.1, 0.15) is 5.76 Å². The van der Waals surface area contributed by atoms with Crippen molar-refractivity contribution in [2.24, 2.45) is 0 Å². The lowest BCUT2D eigenvalue weighted by Crippen LogP contribution is -2.14. The third kappa shape index (κ3) is 3.06. The molecule has 1 aliphatic heterocycles. The third-order valence-electron chi connectivity index (χ3n) is 3.05. The van der Waals surface area contributed by atoms with Gasteiger partial charge in [-0.1, -0.05) is 0 Å². The summed E-state index contributed by atoms with van der Waals surface area (Å²) in [5.41, 5.74) is 0.813. The van der Waals surface area contributed by atoms with Gasteiger partial charge in [0.2, 0.25) is 0 Å². The lowest BCUT2D eigenvalue weighted by Gasteiger charge is -2.18. The Kier molecular flexibility index (Phi) is 3.78. The number of aromatic nitrogens is 1. The van der Waals surface area contributed by atoms with E-state index in [9.17, 15) is 4.79 Å². The molecule has 0 aromatic carbocycles. The van der Waals surface area contributed by atoms with Crippen LogP contribution in [0.4, 0.5) is 0 Å². The van der Waals surface area contributed by atoms with Crippen molar-refractivity contribution in [3.63, 3.8) is 0 Å². The molecule has 17 heavy (non-hydrogen) atoms. The molecule has 0 amide bonds. The summed E-state index contributed by atoms with van der Waals surface area (Å²) in [6.07, 6.45) is 2.36. The fraction of sp³-hybridized carbons (Fsp3) is 0.667. The molecule has 1 aromatic rings. The van der Waals surface area contributed by atoms with Gasteiger partial charge < -0.3 is 14.3 Å². The van der Waals surface area contributed by atoms with Crippen molar-refractivity contribution in [2.45, 2.75) is 38.5 Å². The zero-order valence-corrected chi connectivity index (χ0v) is 9.94. The first kappa shape index (κ1) is 12.1. The molecule has 0 atom stereocenters. The Hall–Kier alpha value is -1.36. The van der Waals surface area contributed by atoms with Gasteiger partial charge in [0.15, 0.2) is 5.89 Å². The van der Waals surface area contributed by atoms with Crippen molar-refractivity contribution in [2.75, 3.05) is 13.2 Å². The summed E-state index contributed by atoms with van der Waals surface area (Å²) in [7, 11) is 0. The number of oxazole rings is 1. The Morgan fingerprint density at radius 3 is 2.82 bits per heavy atom. The second kappa shape index (κ2) is 5.31. The average Bonchev–Trinajstić information content (AvgIpc) is 2.69. The molecule has 94 valence electrons. The average molecular weight is 239 g/mol. The summed E-state index contributed by atoms with van der Waals surface area (Å²) in [4.78, 5) is 14.9. The summed E-state index contributed by atoms with van der Waals surface area (Å²) in [5, 5.41) is 8.64. The van der Waals surface area contributed by atoms with Crippen LogP contribution < -0.4 is 0 Å². The Labute approximate surface area is 99.8 Å². The summed E-state index contributed by atoms with van der Waals surface area (Å²) in [6, 6.07) is 0. The second-order valence-electron chi connectivity index (χ2n) is 4.34. The molecule has 1 saturated heterocycles. The van der Waals surface area contributed by atoms with Crippen molar-refractivity contribution in [3.8, 4) is 0 Å². The van der Waals surface area contributed by atoms with Crippen LogP contribution in [0.5, 0.6) is 0 Å². The number of aliphatic carboxylic acids is 1. The minimum absolute atomic E-state index is 0.0866. The number of carboxylic acid groups (broad SMARTS) is 1. The number of hydrogen-bond acceptors (Lipinski definition) is 4. The number of ether oxygens (including phenoxy) is 1. The predicted molar refractivity (Wildman–Crippen MR) is 60.0 cm³/mol. The second-order valence-corrected chi connectivity index (χ2v) is 4.34. The van der Waals surface area contributed by atoms with Crippen LogP contribution in [0.2, 0.25) is 0 Å². The minimum Gasteiger partial charge on any atom is -0.481 e. The molecule has 5 nitrogen and oxygen atoms in total. The number of nitrogens with zero attached hydrogens (tertiary/aromatic N) is 1. The van der Waals surface area contributed by atoms with E-state index >= 15 is 0 Å². The predicted octanol–water partition coefficient (Wildman–Crippen LogP) is 1.89. The molecular weight excluding hydrogens is 222 g/mol. The topological polar surface area (TPSA) is 72.6 Å². The van der Waals surface area contributed by atoms with Crippen LogP contribution in [0.25, 0.3) is 0 Å². The van der Waals surface area contributed by atoms with Crippen molar-refractivity contribution < 1.29 is 19.1 Å². The van der Waals surface area contributed by atoms with Gasteiger partial charge in [-0.2, -0.15) is 0 Å². The van der Waals surface area contributed by atoms with E-state index in [4.69, 9.17) is 14.3 Å². The molecular formula is C12H17NO4. The number of carbonyl (C=O) groups is 1. The Morgan fingerprint density at radius 2 is 2.18 bits per heavy atom. The maximum atomic E-state index is 10.5. The zero-order valence-electron chi connectivity index (χ0n) is 9.94. The Balaban J connectivity index is 2.03. The number of aryl methyl sites for hydroxylation is 2. The lowest BCUT2D eigenvalue weighted by molar-refractivity contribution is -0.137. The zero-order chi connectivity index (χ0) is 12.3. The van der Waals surface area contributed by atoms with Gasteiger partial charge in [0, 0.05) is 25.6 Å². The maximum absolute atomic E-state index is 10.5.